The fraction of sp³-hybridized carbons (Fsp3) is 0.600. The van der Waals surface area contributed by atoms with Gasteiger partial charge in [-0.2, -0.15) is 0 Å². The number of nitrogens with one attached hydrogen (secondary N) is 1. The number of alkyl halides is 1. The molecular weight excluding hydrogens is 403 g/mol. The molecule has 28 heavy (non-hydrogen) atoms. The average Bonchev–Trinajstić information content (AvgIpc) is 2.72. The van der Waals surface area contributed by atoms with Crippen molar-refractivity contribution in [1.82, 2.24) is 10.2 Å². The Morgan fingerprint density at radius 1 is 1.14 bits per heavy atom. The number of ether oxygens (including phenoxy) is 2. The molecule has 1 fully saturated rings. The lowest BCUT2D eigenvalue weighted by Crippen LogP contribution is -2.50. The van der Waals surface area contributed by atoms with Crippen molar-refractivity contribution in [2.24, 2.45) is 0 Å². The summed E-state index contributed by atoms with van der Waals surface area (Å²) < 4.78 is 10.5. The number of carbonyl (C=O) groups excluding carboxylic acids is 2. The van der Waals surface area contributed by atoms with Gasteiger partial charge in [0.15, 0.2) is 6.29 Å². The minimum Gasteiger partial charge on any atom is -0.354 e. The second-order valence-corrected chi connectivity index (χ2v) is 7.58. The molecule has 156 valence electrons. The van der Waals surface area contributed by atoms with Gasteiger partial charge in [0.2, 0.25) is 11.8 Å². The number of benzene rings is 1. The number of hydrogen-bond acceptors (Lipinski definition) is 4. The number of methoxy groups -OCH3 is 2. The molecule has 0 aromatic heterocycles. The fourth-order valence-electron chi connectivity index (χ4n) is 3.48. The molecule has 1 saturated carbocycles. The summed E-state index contributed by atoms with van der Waals surface area (Å²) in [6.45, 7) is 0.0733. The van der Waals surface area contributed by atoms with Crippen molar-refractivity contribution >= 4 is 35.0 Å². The van der Waals surface area contributed by atoms with Gasteiger partial charge in [-0.05, 0) is 30.5 Å². The number of halogens is 2. The maximum atomic E-state index is 13.3. The van der Waals surface area contributed by atoms with Gasteiger partial charge in [-0.1, -0.05) is 43.0 Å². The Bertz CT molecular complexity index is 632. The van der Waals surface area contributed by atoms with Crippen molar-refractivity contribution in [1.29, 1.82) is 0 Å². The highest BCUT2D eigenvalue weighted by atomic mass is 35.5. The Morgan fingerprint density at radius 3 is 2.29 bits per heavy atom. The second kappa shape index (κ2) is 11.6. The summed E-state index contributed by atoms with van der Waals surface area (Å²) in [4.78, 5) is 27.3. The predicted molar refractivity (Wildman–Crippen MR) is 109 cm³/mol. The first-order valence-corrected chi connectivity index (χ1v) is 10.4. The predicted octanol–water partition coefficient (Wildman–Crippen LogP) is 3.52. The van der Waals surface area contributed by atoms with Crippen molar-refractivity contribution in [3.63, 3.8) is 0 Å². The molecule has 1 atom stereocenters. The smallest absolute Gasteiger partial charge is 0.247 e. The summed E-state index contributed by atoms with van der Waals surface area (Å²) in [6.07, 6.45) is 4.59. The maximum Gasteiger partial charge on any atom is 0.247 e. The molecule has 1 aromatic carbocycles. The molecule has 8 heteroatoms. The Kier molecular flexibility index (Phi) is 9.51. The van der Waals surface area contributed by atoms with E-state index in [1.165, 1.54) is 25.5 Å². The molecule has 0 unspecified atom stereocenters. The standard InChI is InChI=1S/C20H28Cl2N2O4/c1-27-18(28-2)13-24(17(25)12-21)19(14-8-10-15(22)11-9-14)20(26)23-16-6-4-3-5-7-16/h8-11,16,18-19H,3-7,12-13H2,1-2H3,(H,23,26)/t19-/m1/s1. The molecule has 1 aliphatic rings. The van der Waals surface area contributed by atoms with Crippen LogP contribution >= 0.6 is 23.2 Å². The monoisotopic (exact) mass is 430 g/mol. The molecule has 0 bridgehead atoms. The highest BCUT2D eigenvalue weighted by molar-refractivity contribution is 6.30. The quantitative estimate of drug-likeness (QED) is 0.480. The van der Waals surface area contributed by atoms with Crippen LogP contribution in [0.3, 0.4) is 0 Å². The molecule has 0 aliphatic heterocycles. The summed E-state index contributed by atoms with van der Waals surface area (Å²) in [5, 5.41) is 3.66. The second-order valence-electron chi connectivity index (χ2n) is 6.88. The van der Waals surface area contributed by atoms with Crippen molar-refractivity contribution in [2.75, 3.05) is 26.6 Å². The molecule has 1 aliphatic carbocycles. The third kappa shape index (κ3) is 6.34. The molecule has 1 aromatic rings. The van der Waals surface area contributed by atoms with E-state index >= 15 is 0 Å². The van der Waals surface area contributed by atoms with Crippen LogP contribution in [0.4, 0.5) is 0 Å². The van der Waals surface area contributed by atoms with E-state index in [4.69, 9.17) is 32.7 Å². The first kappa shape index (κ1) is 22.9. The normalized spacial score (nSPS) is 16.0. The number of carbonyl (C=O) groups is 2. The number of hydrogen-bond donors (Lipinski definition) is 1. The highest BCUT2D eigenvalue weighted by Crippen LogP contribution is 2.26. The topological polar surface area (TPSA) is 67.9 Å². The van der Waals surface area contributed by atoms with Crippen LogP contribution in [0.2, 0.25) is 5.02 Å². The average molecular weight is 431 g/mol. The van der Waals surface area contributed by atoms with Crippen LogP contribution < -0.4 is 5.32 Å². The van der Waals surface area contributed by atoms with Gasteiger partial charge in [0.05, 0.1) is 6.54 Å². The van der Waals surface area contributed by atoms with Crippen molar-refractivity contribution in [3.8, 4) is 0 Å². The first-order chi connectivity index (χ1) is 13.5. The van der Waals surface area contributed by atoms with Gasteiger partial charge in [-0.3, -0.25) is 9.59 Å². The van der Waals surface area contributed by atoms with E-state index in [0.29, 0.717) is 10.6 Å². The molecule has 0 spiro atoms. The van der Waals surface area contributed by atoms with Crippen LogP contribution in [-0.2, 0) is 19.1 Å². The van der Waals surface area contributed by atoms with Crippen LogP contribution in [0.5, 0.6) is 0 Å². The number of rotatable bonds is 9. The van der Waals surface area contributed by atoms with E-state index in [2.05, 4.69) is 5.32 Å². The lowest BCUT2D eigenvalue weighted by atomic mass is 9.94. The van der Waals surface area contributed by atoms with Gasteiger partial charge < -0.3 is 19.7 Å². The van der Waals surface area contributed by atoms with Gasteiger partial charge in [-0.15, -0.1) is 11.6 Å². The minimum absolute atomic E-state index is 0.0733. The number of amides is 2. The zero-order chi connectivity index (χ0) is 20.5. The van der Waals surface area contributed by atoms with Crippen LogP contribution in [0.15, 0.2) is 24.3 Å². The number of nitrogens with zero attached hydrogens (tertiary/aromatic N) is 1. The third-order valence-corrected chi connectivity index (χ3v) is 5.48. The van der Waals surface area contributed by atoms with E-state index in [0.717, 1.165) is 25.7 Å². The van der Waals surface area contributed by atoms with Gasteiger partial charge in [-0.25, -0.2) is 0 Å². The van der Waals surface area contributed by atoms with Gasteiger partial charge in [0.1, 0.15) is 11.9 Å². The molecular formula is C20H28Cl2N2O4. The Balaban J connectivity index is 2.33. The van der Waals surface area contributed by atoms with Crippen molar-refractivity contribution < 1.29 is 19.1 Å². The SMILES string of the molecule is COC(CN(C(=O)CCl)[C@@H](C(=O)NC1CCCCC1)c1ccc(Cl)cc1)OC. The molecule has 0 heterocycles. The van der Waals surface area contributed by atoms with E-state index in [1.54, 1.807) is 24.3 Å². The van der Waals surface area contributed by atoms with Crippen LogP contribution in [0.25, 0.3) is 0 Å². The van der Waals surface area contributed by atoms with E-state index in [1.807, 2.05) is 0 Å². The molecule has 0 radical (unpaired) electrons. The fourth-order valence-corrected chi connectivity index (χ4v) is 3.76. The first-order valence-electron chi connectivity index (χ1n) is 9.47. The minimum atomic E-state index is -0.849. The van der Waals surface area contributed by atoms with Crippen molar-refractivity contribution in [3.05, 3.63) is 34.9 Å². The van der Waals surface area contributed by atoms with Gasteiger partial charge >= 0.3 is 0 Å². The van der Waals surface area contributed by atoms with Crippen molar-refractivity contribution in [2.45, 2.75) is 50.5 Å². The lowest BCUT2D eigenvalue weighted by Gasteiger charge is -2.34. The lowest BCUT2D eigenvalue weighted by molar-refractivity contribution is -0.153. The zero-order valence-electron chi connectivity index (χ0n) is 16.3. The summed E-state index contributed by atoms with van der Waals surface area (Å²) in [5.74, 6) is -0.862. The summed E-state index contributed by atoms with van der Waals surface area (Å²) in [7, 11) is 2.97. The molecule has 2 amide bonds. The zero-order valence-corrected chi connectivity index (χ0v) is 17.8. The van der Waals surface area contributed by atoms with Crippen LogP contribution in [-0.4, -0.2) is 55.7 Å². The summed E-state index contributed by atoms with van der Waals surface area (Å²) in [5.41, 5.74) is 0.655. The van der Waals surface area contributed by atoms with Crippen LogP contribution in [0, 0.1) is 0 Å². The van der Waals surface area contributed by atoms with E-state index in [-0.39, 0.29) is 30.3 Å². The maximum absolute atomic E-state index is 13.3. The van der Waals surface area contributed by atoms with E-state index < -0.39 is 12.3 Å². The Hall–Kier alpha value is -1.34. The Labute approximate surface area is 176 Å². The van der Waals surface area contributed by atoms with E-state index in [9.17, 15) is 9.59 Å². The van der Waals surface area contributed by atoms with Gasteiger partial charge in [0.25, 0.3) is 0 Å². The molecule has 2 rings (SSSR count). The van der Waals surface area contributed by atoms with Crippen LogP contribution in [0.1, 0.15) is 43.7 Å². The summed E-state index contributed by atoms with van der Waals surface area (Å²) >= 11 is 11.9. The molecule has 6 nitrogen and oxygen atoms in total. The third-order valence-electron chi connectivity index (χ3n) is 5.00. The molecule has 0 saturated heterocycles. The van der Waals surface area contributed by atoms with Gasteiger partial charge in [0, 0.05) is 25.3 Å². The summed E-state index contributed by atoms with van der Waals surface area (Å²) in [6, 6.07) is 6.16. The highest BCUT2D eigenvalue weighted by Gasteiger charge is 2.34. The largest absolute Gasteiger partial charge is 0.354 e. The Morgan fingerprint density at radius 2 is 1.75 bits per heavy atom. The molecule has 1 N–H and O–H groups in total.